The summed E-state index contributed by atoms with van der Waals surface area (Å²) in [6.07, 6.45) is 1.75. The van der Waals surface area contributed by atoms with E-state index in [1.54, 1.807) is 24.5 Å². The number of hydrogen-bond donors (Lipinski definition) is 1. The molecule has 0 atom stereocenters. The number of benzene rings is 3. The van der Waals surface area contributed by atoms with Gasteiger partial charge in [-0.3, -0.25) is 0 Å². The van der Waals surface area contributed by atoms with Crippen LogP contribution in [0, 0.1) is 0 Å². The van der Waals surface area contributed by atoms with Crippen LogP contribution in [0.3, 0.4) is 0 Å². The molecule has 1 heterocycles. The van der Waals surface area contributed by atoms with Crippen molar-refractivity contribution in [1.29, 1.82) is 0 Å². The van der Waals surface area contributed by atoms with Crippen LogP contribution in [0.2, 0.25) is 0 Å². The molecule has 1 aromatic heterocycles. The molecule has 0 saturated carbocycles. The molecule has 4 rings (SSSR count). The maximum Gasteiger partial charge on any atom is 0.335 e. The van der Waals surface area contributed by atoms with Crippen molar-refractivity contribution in [2.75, 3.05) is 0 Å². The predicted octanol–water partition coefficient (Wildman–Crippen LogP) is 5.98. The summed E-state index contributed by atoms with van der Waals surface area (Å²) < 4.78 is 5.72. The van der Waals surface area contributed by atoms with Crippen LogP contribution in [-0.4, -0.2) is 11.1 Å². The van der Waals surface area contributed by atoms with Crippen molar-refractivity contribution in [3.63, 3.8) is 0 Å². The lowest BCUT2D eigenvalue weighted by Crippen LogP contribution is -1.95. The van der Waals surface area contributed by atoms with Gasteiger partial charge in [-0.2, -0.15) is 0 Å². The van der Waals surface area contributed by atoms with Crippen LogP contribution in [0.15, 0.2) is 95.6 Å². The highest BCUT2D eigenvalue weighted by Gasteiger charge is 2.09. The number of furan rings is 1. The quantitative estimate of drug-likeness (QED) is 0.497. The average molecular weight is 340 g/mol. The molecule has 0 radical (unpaired) electrons. The van der Waals surface area contributed by atoms with Gasteiger partial charge in [-0.1, -0.05) is 60.7 Å². The summed E-state index contributed by atoms with van der Waals surface area (Å²) in [6.45, 7) is 0. The first kappa shape index (κ1) is 15.9. The summed E-state index contributed by atoms with van der Waals surface area (Å²) in [6, 6.07) is 26.9. The topological polar surface area (TPSA) is 50.4 Å². The fraction of sp³-hybridized carbons (Fsp3) is 0. The second-order valence-electron chi connectivity index (χ2n) is 6.03. The van der Waals surface area contributed by atoms with E-state index in [0.29, 0.717) is 0 Å². The third-order valence-corrected chi connectivity index (χ3v) is 4.30. The van der Waals surface area contributed by atoms with E-state index in [9.17, 15) is 9.90 Å². The van der Waals surface area contributed by atoms with Crippen LogP contribution in [0.25, 0.3) is 33.6 Å². The van der Waals surface area contributed by atoms with Gasteiger partial charge in [0.05, 0.1) is 11.8 Å². The Balaban J connectivity index is 1.70. The van der Waals surface area contributed by atoms with Crippen molar-refractivity contribution < 1.29 is 14.3 Å². The smallest absolute Gasteiger partial charge is 0.335 e. The van der Waals surface area contributed by atoms with E-state index >= 15 is 0 Å². The van der Waals surface area contributed by atoms with Crippen molar-refractivity contribution >= 4 is 5.97 Å². The molecule has 0 amide bonds. The van der Waals surface area contributed by atoms with Crippen LogP contribution < -0.4 is 0 Å². The zero-order valence-corrected chi connectivity index (χ0v) is 13.9. The molecule has 0 aliphatic rings. The Hall–Kier alpha value is -3.59. The molecule has 3 heteroatoms. The minimum Gasteiger partial charge on any atom is -0.478 e. The van der Waals surface area contributed by atoms with Gasteiger partial charge >= 0.3 is 5.97 Å². The number of carboxylic acid groups (broad SMARTS) is 1. The molecule has 126 valence electrons. The zero-order chi connectivity index (χ0) is 17.9. The normalized spacial score (nSPS) is 10.6. The molecular weight excluding hydrogens is 324 g/mol. The maximum absolute atomic E-state index is 11.2. The Kier molecular flexibility index (Phi) is 4.12. The van der Waals surface area contributed by atoms with Gasteiger partial charge in [0, 0.05) is 11.1 Å². The van der Waals surface area contributed by atoms with E-state index in [4.69, 9.17) is 4.42 Å². The van der Waals surface area contributed by atoms with Gasteiger partial charge in [-0.05, 0) is 41.0 Å². The lowest BCUT2D eigenvalue weighted by atomic mass is 9.99. The summed E-state index contributed by atoms with van der Waals surface area (Å²) in [7, 11) is 0. The van der Waals surface area contributed by atoms with E-state index in [1.807, 2.05) is 66.7 Å². The Morgan fingerprint density at radius 3 is 2.00 bits per heavy atom. The van der Waals surface area contributed by atoms with Crippen LogP contribution in [0.1, 0.15) is 10.4 Å². The first-order valence-corrected chi connectivity index (χ1v) is 8.29. The molecular formula is C23H16O3. The minimum absolute atomic E-state index is 0.280. The number of rotatable bonds is 4. The molecule has 0 saturated heterocycles. The summed E-state index contributed by atoms with van der Waals surface area (Å²) in [5.41, 5.74) is 5.16. The van der Waals surface area contributed by atoms with Crippen molar-refractivity contribution in [3.05, 3.63) is 96.8 Å². The highest BCUT2D eigenvalue weighted by Crippen LogP contribution is 2.31. The number of hydrogen-bond acceptors (Lipinski definition) is 2. The van der Waals surface area contributed by atoms with E-state index in [1.165, 1.54) is 0 Å². The van der Waals surface area contributed by atoms with E-state index in [2.05, 4.69) is 0 Å². The van der Waals surface area contributed by atoms with Gasteiger partial charge in [0.25, 0.3) is 0 Å². The summed E-state index contributed by atoms with van der Waals surface area (Å²) in [5.74, 6) is -0.107. The minimum atomic E-state index is -0.926. The van der Waals surface area contributed by atoms with Crippen LogP contribution in [0.5, 0.6) is 0 Å². The van der Waals surface area contributed by atoms with Gasteiger partial charge in [-0.25, -0.2) is 4.79 Å². The second kappa shape index (κ2) is 6.73. The second-order valence-corrected chi connectivity index (χ2v) is 6.03. The Morgan fingerprint density at radius 2 is 1.27 bits per heavy atom. The Bertz CT molecular complexity index is 1060. The molecule has 0 unspecified atom stereocenters. The first-order valence-electron chi connectivity index (χ1n) is 8.29. The van der Waals surface area contributed by atoms with Crippen LogP contribution in [0.4, 0.5) is 0 Å². The molecule has 1 N–H and O–H groups in total. The molecule has 0 fully saturated rings. The van der Waals surface area contributed by atoms with E-state index in [0.717, 1.165) is 33.6 Å². The van der Waals surface area contributed by atoms with Crippen LogP contribution in [-0.2, 0) is 0 Å². The molecule has 0 spiro atoms. The predicted molar refractivity (Wildman–Crippen MR) is 102 cm³/mol. The lowest BCUT2D eigenvalue weighted by Gasteiger charge is -2.05. The standard InChI is InChI=1S/C23H16O3/c24-23(25)20-11-5-9-18(13-20)17-8-4-10-19(12-17)21-14-22(26-15-21)16-6-2-1-3-7-16/h1-15H,(H,24,25). The summed E-state index contributed by atoms with van der Waals surface area (Å²) in [5, 5.41) is 9.19. The molecule has 3 aromatic carbocycles. The maximum atomic E-state index is 11.2. The van der Waals surface area contributed by atoms with Gasteiger partial charge in [0.1, 0.15) is 5.76 Å². The summed E-state index contributed by atoms with van der Waals surface area (Å²) >= 11 is 0. The van der Waals surface area contributed by atoms with Crippen molar-refractivity contribution in [1.82, 2.24) is 0 Å². The monoisotopic (exact) mass is 340 g/mol. The molecule has 4 aromatic rings. The van der Waals surface area contributed by atoms with E-state index < -0.39 is 5.97 Å². The van der Waals surface area contributed by atoms with Crippen molar-refractivity contribution in [2.45, 2.75) is 0 Å². The van der Waals surface area contributed by atoms with Gasteiger partial charge in [-0.15, -0.1) is 0 Å². The average Bonchev–Trinajstić information content (AvgIpc) is 3.19. The molecule has 26 heavy (non-hydrogen) atoms. The number of carboxylic acids is 1. The fourth-order valence-electron chi connectivity index (χ4n) is 2.95. The molecule has 0 aliphatic heterocycles. The highest BCUT2D eigenvalue weighted by atomic mass is 16.4. The molecule has 0 bridgehead atoms. The number of carbonyl (C=O) groups is 1. The van der Waals surface area contributed by atoms with Crippen LogP contribution >= 0.6 is 0 Å². The third kappa shape index (κ3) is 3.15. The molecule has 0 aliphatic carbocycles. The van der Waals surface area contributed by atoms with Gasteiger partial charge < -0.3 is 9.52 Å². The first-order chi connectivity index (χ1) is 12.7. The SMILES string of the molecule is O=C(O)c1cccc(-c2cccc(-c3coc(-c4ccccc4)c3)c2)c1. The Morgan fingerprint density at radius 1 is 0.654 bits per heavy atom. The molecule has 3 nitrogen and oxygen atoms in total. The van der Waals surface area contributed by atoms with Gasteiger partial charge in [0.15, 0.2) is 0 Å². The summed E-state index contributed by atoms with van der Waals surface area (Å²) in [4.78, 5) is 11.2. The zero-order valence-electron chi connectivity index (χ0n) is 13.9. The van der Waals surface area contributed by atoms with Crippen molar-refractivity contribution in [2.24, 2.45) is 0 Å². The highest BCUT2D eigenvalue weighted by molar-refractivity contribution is 5.89. The fourth-order valence-corrected chi connectivity index (χ4v) is 2.95. The van der Waals surface area contributed by atoms with Crippen molar-refractivity contribution in [3.8, 4) is 33.6 Å². The largest absolute Gasteiger partial charge is 0.478 e. The third-order valence-electron chi connectivity index (χ3n) is 4.30. The van der Waals surface area contributed by atoms with E-state index in [-0.39, 0.29) is 5.56 Å². The Labute approximate surface area is 151 Å². The van der Waals surface area contributed by atoms with Gasteiger partial charge in [0.2, 0.25) is 0 Å². The lowest BCUT2D eigenvalue weighted by molar-refractivity contribution is 0.0697. The number of aromatic carboxylic acids is 1.